The van der Waals surface area contributed by atoms with Crippen molar-refractivity contribution in [3.05, 3.63) is 65.6 Å². The molecule has 0 aliphatic rings. The normalized spacial score (nSPS) is 11.0. The molecule has 0 amide bonds. The molecule has 0 aliphatic heterocycles. The van der Waals surface area contributed by atoms with Crippen LogP contribution in [0.3, 0.4) is 0 Å². The third kappa shape index (κ3) is 3.47. The molecule has 26 heavy (non-hydrogen) atoms. The van der Waals surface area contributed by atoms with E-state index in [2.05, 4.69) is 25.4 Å². The maximum Gasteiger partial charge on any atom is 0.226 e. The van der Waals surface area contributed by atoms with Gasteiger partial charge in [0.15, 0.2) is 11.0 Å². The topological polar surface area (TPSA) is 82.5 Å². The van der Waals surface area contributed by atoms with E-state index in [1.807, 2.05) is 41.0 Å². The third-order valence-electron chi connectivity index (χ3n) is 3.55. The molecule has 1 aromatic carbocycles. The molecule has 0 aliphatic carbocycles. The van der Waals surface area contributed by atoms with Crippen molar-refractivity contribution in [1.82, 2.24) is 29.9 Å². The molecule has 0 spiro atoms. The summed E-state index contributed by atoms with van der Waals surface area (Å²) in [5, 5.41) is 18.0. The van der Waals surface area contributed by atoms with Crippen LogP contribution in [-0.2, 0) is 5.75 Å². The third-order valence-corrected chi connectivity index (χ3v) is 4.72. The number of hydrogen-bond acceptors (Lipinski definition) is 7. The highest BCUT2D eigenvalue weighted by molar-refractivity contribution is 7.98. The van der Waals surface area contributed by atoms with Gasteiger partial charge in [0, 0.05) is 35.6 Å². The van der Waals surface area contributed by atoms with Gasteiger partial charge in [-0.2, -0.15) is 0 Å². The lowest BCUT2D eigenvalue weighted by molar-refractivity contribution is 0.485. The Balaban J connectivity index is 1.73. The fraction of sp³-hybridized carbons (Fsp3) is 0.118. The predicted molar refractivity (Wildman–Crippen MR) is 98.2 cm³/mol. The zero-order chi connectivity index (χ0) is 17.9. The van der Waals surface area contributed by atoms with Crippen LogP contribution in [0.25, 0.3) is 17.1 Å². The lowest BCUT2D eigenvalue weighted by Gasteiger charge is -2.10. The van der Waals surface area contributed by atoms with E-state index < -0.39 is 0 Å². The van der Waals surface area contributed by atoms with E-state index in [0.29, 0.717) is 22.6 Å². The summed E-state index contributed by atoms with van der Waals surface area (Å²) in [6, 6.07) is 11.3. The Morgan fingerprint density at radius 2 is 1.77 bits per heavy atom. The Labute approximate surface area is 158 Å². The number of thioether (sulfide) groups is 1. The predicted octanol–water partition coefficient (Wildman–Crippen LogP) is 3.97. The van der Waals surface area contributed by atoms with E-state index >= 15 is 0 Å². The number of benzene rings is 1. The Kier molecular flexibility index (Phi) is 4.68. The Morgan fingerprint density at radius 3 is 2.46 bits per heavy atom. The van der Waals surface area contributed by atoms with Crippen molar-refractivity contribution in [3.8, 4) is 17.1 Å². The van der Waals surface area contributed by atoms with Crippen LogP contribution in [-0.4, -0.2) is 29.9 Å². The Hall–Kier alpha value is -2.71. The van der Waals surface area contributed by atoms with Gasteiger partial charge in [0.05, 0.1) is 5.75 Å². The molecule has 0 radical (unpaired) electrons. The summed E-state index contributed by atoms with van der Waals surface area (Å²) in [4.78, 5) is 4.06. The highest BCUT2D eigenvalue weighted by Gasteiger charge is 2.17. The van der Waals surface area contributed by atoms with Gasteiger partial charge in [0.1, 0.15) is 0 Å². The molecule has 3 aromatic heterocycles. The van der Waals surface area contributed by atoms with Gasteiger partial charge in [-0.05, 0) is 36.4 Å². The fourth-order valence-electron chi connectivity index (χ4n) is 2.40. The minimum absolute atomic E-state index is 0.503. The highest BCUT2D eigenvalue weighted by atomic mass is 35.5. The molecule has 7 nitrogen and oxygen atoms in total. The van der Waals surface area contributed by atoms with E-state index in [-0.39, 0.29) is 0 Å². The second-order valence-electron chi connectivity index (χ2n) is 5.36. The maximum atomic E-state index is 6.03. The molecule has 4 aromatic rings. The molecule has 4 rings (SSSR count). The minimum atomic E-state index is 0.503. The second-order valence-corrected chi connectivity index (χ2v) is 6.74. The van der Waals surface area contributed by atoms with Gasteiger partial charge in [-0.15, -0.1) is 20.4 Å². The number of aryl methyl sites for hydroxylation is 1. The number of aromatic nitrogens is 6. The van der Waals surface area contributed by atoms with Gasteiger partial charge >= 0.3 is 0 Å². The SMILES string of the molecule is Cc1nnc(CSc2nnc(-c3ccncc3)n2-c2ccc(Cl)cc2)o1. The lowest BCUT2D eigenvalue weighted by atomic mass is 10.2. The summed E-state index contributed by atoms with van der Waals surface area (Å²) >= 11 is 7.50. The van der Waals surface area contributed by atoms with E-state index in [0.717, 1.165) is 22.2 Å². The summed E-state index contributed by atoms with van der Waals surface area (Å²) in [5.74, 6) is 2.31. The summed E-state index contributed by atoms with van der Waals surface area (Å²) in [6.45, 7) is 1.76. The molecule has 0 N–H and O–H groups in total. The number of nitrogens with zero attached hydrogens (tertiary/aromatic N) is 6. The van der Waals surface area contributed by atoms with E-state index in [1.165, 1.54) is 11.8 Å². The van der Waals surface area contributed by atoms with Crippen LogP contribution in [0.15, 0.2) is 58.4 Å². The Bertz CT molecular complexity index is 1020. The molecule has 0 atom stereocenters. The molecule has 0 unspecified atom stereocenters. The summed E-state index contributed by atoms with van der Waals surface area (Å²) < 4.78 is 7.40. The molecule has 9 heteroatoms. The zero-order valence-corrected chi connectivity index (χ0v) is 15.3. The van der Waals surface area contributed by atoms with Crippen LogP contribution in [0.2, 0.25) is 5.02 Å². The van der Waals surface area contributed by atoms with E-state index in [4.69, 9.17) is 16.0 Å². The van der Waals surface area contributed by atoms with Crippen molar-refractivity contribution in [2.75, 3.05) is 0 Å². The van der Waals surface area contributed by atoms with Gasteiger partial charge in [0.2, 0.25) is 11.8 Å². The molecule has 3 heterocycles. The number of rotatable bonds is 5. The first kappa shape index (κ1) is 16.7. The number of pyridine rings is 1. The van der Waals surface area contributed by atoms with Crippen LogP contribution < -0.4 is 0 Å². The monoisotopic (exact) mass is 384 g/mol. The second kappa shape index (κ2) is 7.27. The minimum Gasteiger partial charge on any atom is -0.425 e. The first-order valence-electron chi connectivity index (χ1n) is 7.74. The van der Waals surface area contributed by atoms with Crippen molar-refractivity contribution in [2.24, 2.45) is 0 Å². The number of hydrogen-bond donors (Lipinski definition) is 0. The molecule has 0 saturated heterocycles. The van der Waals surface area contributed by atoms with Crippen molar-refractivity contribution >= 4 is 23.4 Å². The van der Waals surface area contributed by atoms with Gasteiger partial charge in [-0.1, -0.05) is 23.4 Å². The Morgan fingerprint density at radius 1 is 1.00 bits per heavy atom. The van der Waals surface area contributed by atoms with Gasteiger partial charge in [-0.25, -0.2) is 0 Å². The molecule has 0 saturated carbocycles. The molecular weight excluding hydrogens is 372 g/mol. The van der Waals surface area contributed by atoms with Gasteiger partial charge in [0.25, 0.3) is 0 Å². The van der Waals surface area contributed by atoms with Crippen molar-refractivity contribution < 1.29 is 4.42 Å². The van der Waals surface area contributed by atoms with Crippen LogP contribution >= 0.6 is 23.4 Å². The zero-order valence-electron chi connectivity index (χ0n) is 13.7. The van der Waals surface area contributed by atoms with Crippen molar-refractivity contribution in [1.29, 1.82) is 0 Å². The largest absolute Gasteiger partial charge is 0.425 e. The van der Waals surface area contributed by atoms with Gasteiger partial charge < -0.3 is 4.42 Å². The molecular formula is C17H13ClN6OS. The summed E-state index contributed by atoms with van der Waals surface area (Å²) in [7, 11) is 0. The highest BCUT2D eigenvalue weighted by Crippen LogP contribution is 2.29. The smallest absolute Gasteiger partial charge is 0.226 e. The number of halogens is 1. The first-order valence-corrected chi connectivity index (χ1v) is 9.10. The van der Waals surface area contributed by atoms with Crippen LogP contribution in [0.1, 0.15) is 11.8 Å². The molecule has 0 bridgehead atoms. The van der Waals surface area contributed by atoms with Crippen molar-refractivity contribution in [2.45, 2.75) is 17.8 Å². The quantitative estimate of drug-likeness (QED) is 0.481. The summed E-state index contributed by atoms with van der Waals surface area (Å²) in [6.07, 6.45) is 3.45. The van der Waals surface area contributed by atoms with E-state index in [1.54, 1.807) is 19.3 Å². The van der Waals surface area contributed by atoms with Gasteiger partial charge in [-0.3, -0.25) is 9.55 Å². The summed E-state index contributed by atoms with van der Waals surface area (Å²) in [5.41, 5.74) is 1.83. The standard InChI is InChI=1S/C17H13ClN6OS/c1-11-20-21-15(25-11)10-26-17-23-22-16(12-6-8-19-9-7-12)24(17)14-4-2-13(18)3-5-14/h2-9H,10H2,1H3. The van der Waals surface area contributed by atoms with Crippen LogP contribution in [0.4, 0.5) is 0 Å². The first-order chi connectivity index (χ1) is 12.7. The molecule has 130 valence electrons. The molecule has 0 fully saturated rings. The van der Waals surface area contributed by atoms with E-state index in [9.17, 15) is 0 Å². The van der Waals surface area contributed by atoms with Crippen LogP contribution in [0, 0.1) is 6.92 Å². The maximum absolute atomic E-state index is 6.03. The fourth-order valence-corrected chi connectivity index (χ4v) is 3.31. The average Bonchev–Trinajstić information content (AvgIpc) is 3.27. The average molecular weight is 385 g/mol. The lowest BCUT2D eigenvalue weighted by Crippen LogP contribution is -1.99. The van der Waals surface area contributed by atoms with Crippen molar-refractivity contribution in [3.63, 3.8) is 0 Å². The van der Waals surface area contributed by atoms with Crippen LogP contribution in [0.5, 0.6) is 0 Å².